The van der Waals surface area contributed by atoms with Gasteiger partial charge in [0.05, 0.1) is 18.8 Å². The van der Waals surface area contributed by atoms with Gasteiger partial charge in [-0.2, -0.15) is 0 Å². The van der Waals surface area contributed by atoms with Gasteiger partial charge in [-0.3, -0.25) is 0 Å². The third kappa shape index (κ3) is 6.65. The zero-order valence-electron chi connectivity index (χ0n) is 13.4. The average Bonchev–Trinajstić information content (AvgIpc) is 3.21. The highest BCUT2D eigenvalue weighted by Crippen LogP contribution is 2.25. The van der Waals surface area contributed by atoms with Gasteiger partial charge in [-0.05, 0) is 34.1 Å². The van der Waals surface area contributed by atoms with Crippen molar-refractivity contribution in [3.63, 3.8) is 0 Å². The van der Waals surface area contributed by atoms with Crippen molar-refractivity contribution >= 4 is 8.80 Å². The second-order valence-corrected chi connectivity index (χ2v) is 7.52. The third-order valence-corrected chi connectivity index (χ3v) is 6.28. The van der Waals surface area contributed by atoms with Crippen LogP contribution in [0, 0.1) is 0 Å². The molecule has 1 saturated heterocycles. The summed E-state index contributed by atoms with van der Waals surface area (Å²) >= 11 is 0. The molecule has 2 atom stereocenters. The highest BCUT2D eigenvalue weighted by Gasteiger charge is 2.41. The van der Waals surface area contributed by atoms with Crippen LogP contribution in [0.25, 0.3) is 0 Å². The SMILES string of the molecule is CCOC(CC[Si](OCC)(OCC)OCC)CC1CO1. The molecule has 0 radical (unpaired) electrons. The maximum absolute atomic E-state index is 5.87. The minimum atomic E-state index is -2.54. The Morgan fingerprint density at radius 1 is 1.00 bits per heavy atom. The molecule has 1 aliphatic rings. The largest absolute Gasteiger partial charge is 0.501 e. The van der Waals surface area contributed by atoms with Crippen LogP contribution in [0.15, 0.2) is 0 Å². The van der Waals surface area contributed by atoms with Crippen molar-refractivity contribution in [2.45, 2.75) is 58.8 Å². The normalized spacial score (nSPS) is 20.1. The van der Waals surface area contributed by atoms with Crippen LogP contribution in [0.5, 0.6) is 0 Å². The van der Waals surface area contributed by atoms with E-state index in [1.165, 1.54) is 0 Å². The molecule has 1 fully saturated rings. The minimum Gasteiger partial charge on any atom is -0.378 e. The fourth-order valence-electron chi connectivity index (χ4n) is 2.34. The third-order valence-electron chi connectivity index (χ3n) is 3.20. The van der Waals surface area contributed by atoms with E-state index in [4.69, 9.17) is 22.8 Å². The lowest BCUT2D eigenvalue weighted by atomic mass is 10.1. The quantitative estimate of drug-likeness (QED) is 0.387. The number of hydrogen-bond donors (Lipinski definition) is 0. The first-order valence-electron chi connectivity index (χ1n) is 7.84. The van der Waals surface area contributed by atoms with Gasteiger partial charge in [0.25, 0.3) is 0 Å². The van der Waals surface area contributed by atoms with Gasteiger partial charge in [0.15, 0.2) is 0 Å². The van der Waals surface area contributed by atoms with Crippen molar-refractivity contribution in [3.8, 4) is 0 Å². The number of rotatable bonds is 13. The Morgan fingerprint density at radius 2 is 1.55 bits per heavy atom. The zero-order chi connectivity index (χ0) is 14.8. The van der Waals surface area contributed by atoms with E-state index in [9.17, 15) is 0 Å². The molecule has 0 aliphatic carbocycles. The summed E-state index contributed by atoms with van der Waals surface area (Å²) < 4.78 is 28.7. The molecule has 1 aliphatic heterocycles. The van der Waals surface area contributed by atoms with Crippen LogP contribution in [0.4, 0.5) is 0 Å². The van der Waals surface area contributed by atoms with Gasteiger partial charge in [0, 0.05) is 38.9 Å². The smallest absolute Gasteiger partial charge is 0.378 e. The summed E-state index contributed by atoms with van der Waals surface area (Å²) in [5.41, 5.74) is 0. The van der Waals surface area contributed by atoms with Crippen LogP contribution in [0.1, 0.15) is 40.5 Å². The fraction of sp³-hybridized carbons (Fsp3) is 1.00. The van der Waals surface area contributed by atoms with Crippen LogP contribution in [0.3, 0.4) is 0 Å². The van der Waals surface area contributed by atoms with Crippen molar-refractivity contribution in [2.75, 3.05) is 33.0 Å². The molecular weight excluding hydrogens is 276 g/mol. The van der Waals surface area contributed by atoms with E-state index >= 15 is 0 Å². The number of ether oxygens (including phenoxy) is 2. The van der Waals surface area contributed by atoms with Crippen LogP contribution < -0.4 is 0 Å². The van der Waals surface area contributed by atoms with Gasteiger partial charge in [-0.1, -0.05) is 0 Å². The second kappa shape index (κ2) is 9.86. The van der Waals surface area contributed by atoms with E-state index in [-0.39, 0.29) is 6.10 Å². The minimum absolute atomic E-state index is 0.209. The van der Waals surface area contributed by atoms with Gasteiger partial charge in [-0.15, -0.1) is 0 Å². The molecule has 0 aromatic rings. The monoisotopic (exact) mass is 306 g/mol. The zero-order valence-corrected chi connectivity index (χ0v) is 14.4. The van der Waals surface area contributed by atoms with Crippen LogP contribution >= 0.6 is 0 Å². The topological polar surface area (TPSA) is 49.5 Å². The lowest BCUT2D eigenvalue weighted by molar-refractivity contribution is 0.0349. The molecule has 2 unspecified atom stereocenters. The molecule has 1 heterocycles. The van der Waals surface area contributed by atoms with Crippen LogP contribution in [-0.2, 0) is 22.8 Å². The Bertz CT molecular complexity index is 231. The summed E-state index contributed by atoms with van der Waals surface area (Å²) in [5, 5.41) is 0. The Kier molecular flexibility index (Phi) is 8.91. The van der Waals surface area contributed by atoms with E-state index in [1.54, 1.807) is 0 Å². The van der Waals surface area contributed by atoms with E-state index < -0.39 is 8.80 Å². The summed E-state index contributed by atoms with van der Waals surface area (Å²) in [6.07, 6.45) is 2.46. The molecule has 0 N–H and O–H groups in total. The van der Waals surface area contributed by atoms with Crippen molar-refractivity contribution in [2.24, 2.45) is 0 Å². The first-order valence-corrected chi connectivity index (χ1v) is 9.77. The predicted molar refractivity (Wildman–Crippen MR) is 79.8 cm³/mol. The first-order chi connectivity index (χ1) is 9.69. The van der Waals surface area contributed by atoms with Crippen molar-refractivity contribution in [1.82, 2.24) is 0 Å². The summed E-state index contributed by atoms with van der Waals surface area (Å²) in [4.78, 5) is 0. The Morgan fingerprint density at radius 3 is 1.95 bits per heavy atom. The Hall–Kier alpha value is 0.0169. The highest BCUT2D eigenvalue weighted by atomic mass is 28.4. The molecule has 0 bridgehead atoms. The fourth-order valence-corrected chi connectivity index (χ4v) is 5.02. The summed E-state index contributed by atoms with van der Waals surface area (Å²) in [7, 11) is -2.54. The van der Waals surface area contributed by atoms with Crippen LogP contribution in [0.2, 0.25) is 6.04 Å². The molecule has 0 aromatic heterocycles. The maximum atomic E-state index is 5.87. The Balaban J connectivity index is 2.51. The van der Waals surface area contributed by atoms with Gasteiger partial charge in [0.1, 0.15) is 0 Å². The van der Waals surface area contributed by atoms with Crippen molar-refractivity contribution in [3.05, 3.63) is 0 Å². The van der Waals surface area contributed by atoms with Crippen LogP contribution in [-0.4, -0.2) is 54.0 Å². The molecule has 0 saturated carbocycles. The molecule has 20 heavy (non-hydrogen) atoms. The standard InChI is InChI=1S/C14H30O5Si/c1-5-15-13(11-14-12-16-14)9-10-20(17-6-2,18-7-3)19-8-4/h13-14H,5-12H2,1-4H3. The van der Waals surface area contributed by atoms with E-state index in [0.29, 0.717) is 25.9 Å². The molecule has 120 valence electrons. The van der Waals surface area contributed by atoms with E-state index in [2.05, 4.69) is 0 Å². The second-order valence-electron chi connectivity index (χ2n) is 4.79. The van der Waals surface area contributed by atoms with Gasteiger partial charge in [0.2, 0.25) is 0 Å². The van der Waals surface area contributed by atoms with Crippen molar-refractivity contribution in [1.29, 1.82) is 0 Å². The summed E-state index contributed by atoms with van der Waals surface area (Å²) in [5.74, 6) is 0. The molecular formula is C14H30O5Si. The van der Waals surface area contributed by atoms with E-state index in [1.807, 2.05) is 27.7 Å². The van der Waals surface area contributed by atoms with E-state index in [0.717, 1.165) is 32.1 Å². The maximum Gasteiger partial charge on any atom is 0.501 e. The summed E-state index contributed by atoms with van der Waals surface area (Å²) in [6.45, 7) is 11.4. The number of epoxide rings is 1. The van der Waals surface area contributed by atoms with Gasteiger partial charge >= 0.3 is 8.80 Å². The molecule has 5 nitrogen and oxygen atoms in total. The lowest BCUT2D eigenvalue weighted by Gasteiger charge is -2.29. The lowest BCUT2D eigenvalue weighted by Crippen LogP contribution is -2.46. The van der Waals surface area contributed by atoms with Gasteiger partial charge < -0.3 is 22.8 Å². The molecule has 1 rings (SSSR count). The highest BCUT2D eigenvalue weighted by molar-refractivity contribution is 6.60. The summed E-state index contributed by atoms with van der Waals surface area (Å²) in [6, 6.07) is 0.805. The number of hydrogen-bond acceptors (Lipinski definition) is 5. The molecule has 0 spiro atoms. The predicted octanol–water partition coefficient (Wildman–Crippen LogP) is 2.62. The molecule has 0 amide bonds. The molecule has 0 aromatic carbocycles. The first kappa shape index (κ1) is 18.1. The Labute approximate surface area is 124 Å². The average molecular weight is 306 g/mol. The van der Waals surface area contributed by atoms with Crippen molar-refractivity contribution < 1.29 is 22.8 Å². The van der Waals surface area contributed by atoms with Gasteiger partial charge in [-0.25, -0.2) is 0 Å². The molecule has 6 heteroatoms.